The predicted molar refractivity (Wildman–Crippen MR) is 108 cm³/mol. The van der Waals surface area contributed by atoms with E-state index in [1.165, 1.54) is 0 Å². The summed E-state index contributed by atoms with van der Waals surface area (Å²) >= 11 is 7.56. The van der Waals surface area contributed by atoms with Crippen LogP contribution < -0.4 is 5.32 Å². The fourth-order valence-corrected chi connectivity index (χ4v) is 4.25. The minimum absolute atomic E-state index is 0.0581. The maximum absolute atomic E-state index is 12.6. The quantitative estimate of drug-likeness (QED) is 0.763. The van der Waals surface area contributed by atoms with Gasteiger partial charge in [-0.1, -0.05) is 23.7 Å². The van der Waals surface area contributed by atoms with Gasteiger partial charge in [-0.3, -0.25) is 9.59 Å². The first-order chi connectivity index (χ1) is 12.8. The van der Waals surface area contributed by atoms with Crippen molar-refractivity contribution >= 4 is 34.8 Å². The van der Waals surface area contributed by atoms with Crippen LogP contribution in [0.3, 0.4) is 0 Å². The Morgan fingerprint density at radius 2 is 2.11 bits per heavy atom. The van der Waals surface area contributed by atoms with Crippen molar-refractivity contribution < 1.29 is 9.59 Å². The topological polar surface area (TPSA) is 62.3 Å². The molecule has 5 nitrogen and oxygen atoms in total. The molecule has 1 fully saturated rings. The molecule has 7 heteroatoms. The molecule has 27 heavy (non-hydrogen) atoms. The fourth-order valence-electron chi connectivity index (χ4n) is 3.52. The molecule has 0 saturated carbocycles. The fraction of sp³-hybridized carbons (Fsp3) is 0.450. The normalized spacial score (nSPS) is 19.1. The van der Waals surface area contributed by atoms with Crippen LogP contribution in [0.15, 0.2) is 29.6 Å². The minimum atomic E-state index is -0.362. The van der Waals surface area contributed by atoms with Crippen LogP contribution >= 0.6 is 22.9 Å². The second-order valence-electron chi connectivity index (χ2n) is 7.24. The van der Waals surface area contributed by atoms with Crippen LogP contribution in [0.1, 0.15) is 41.9 Å². The number of aromatic nitrogens is 1. The lowest BCUT2D eigenvalue weighted by atomic mass is 9.85. The Morgan fingerprint density at radius 3 is 2.70 bits per heavy atom. The lowest BCUT2D eigenvalue weighted by Gasteiger charge is -2.30. The van der Waals surface area contributed by atoms with Gasteiger partial charge in [0.1, 0.15) is 0 Å². The zero-order valence-corrected chi connectivity index (χ0v) is 17.2. The van der Waals surface area contributed by atoms with Gasteiger partial charge in [-0.15, -0.1) is 11.3 Å². The van der Waals surface area contributed by atoms with Gasteiger partial charge < -0.3 is 10.2 Å². The van der Waals surface area contributed by atoms with E-state index in [4.69, 9.17) is 11.6 Å². The molecule has 2 amide bonds. The van der Waals surface area contributed by atoms with Crippen LogP contribution in [0.5, 0.6) is 0 Å². The van der Waals surface area contributed by atoms with Gasteiger partial charge in [0.05, 0.1) is 17.2 Å². The van der Waals surface area contributed by atoms with E-state index in [-0.39, 0.29) is 17.4 Å². The van der Waals surface area contributed by atoms with Gasteiger partial charge in [0, 0.05) is 35.8 Å². The first kappa shape index (κ1) is 19.8. The van der Waals surface area contributed by atoms with Gasteiger partial charge >= 0.3 is 0 Å². The maximum atomic E-state index is 12.6. The molecule has 1 N–H and O–H groups in total. The van der Waals surface area contributed by atoms with Gasteiger partial charge in [0.25, 0.3) is 0 Å². The number of nitrogens with zero attached hydrogens (tertiary/aromatic N) is 2. The number of amides is 2. The van der Waals surface area contributed by atoms with E-state index in [2.05, 4.69) is 10.3 Å². The zero-order chi connectivity index (χ0) is 19.4. The summed E-state index contributed by atoms with van der Waals surface area (Å²) in [5.74, 6) is 0.125. The van der Waals surface area contributed by atoms with Crippen molar-refractivity contribution in [2.45, 2.75) is 51.1 Å². The summed E-state index contributed by atoms with van der Waals surface area (Å²) in [7, 11) is 1.80. The summed E-state index contributed by atoms with van der Waals surface area (Å²) in [5.41, 5.74) is 1.66. The lowest BCUT2D eigenvalue weighted by molar-refractivity contribution is -0.131. The summed E-state index contributed by atoms with van der Waals surface area (Å²) in [6, 6.07) is 7.67. The highest BCUT2D eigenvalue weighted by molar-refractivity contribution is 7.09. The van der Waals surface area contributed by atoms with Crippen LogP contribution in [-0.4, -0.2) is 34.3 Å². The van der Waals surface area contributed by atoms with E-state index in [0.717, 1.165) is 22.7 Å². The van der Waals surface area contributed by atoms with Gasteiger partial charge in [-0.2, -0.15) is 0 Å². The molecular weight excluding hydrogens is 382 g/mol. The molecule has 3 rings (SSSR count). The van der Waals surface area contributed by atoms with Crippen molar-refractivity contribution in [3.8, 4) is 0 Å². The Morgan fingerprint density at radius 1 is 1.37 bits per heavy atom. The molecule has 144 valence electrons. The Labute approximate surface area is 168 Å². The first-order valence-corrected chi connectivity index (χ1v) is 10.3. The van der Waals surface area contributed by atoms with E-state index in [1.54, 1.807) is 23.3 Å². The lowest BCUT2D eigenvalue weighted by Crippen LogP contribution is -2.44. The molecular formula is C20H24ClN3O2S. The predicted octanol–water partition coefficient (Wildman–Crippen LogP) is 3.74. The number of benzene rings is 1. The van der Waals surface area contributed by atoms with E-state index >= 15 is 0 Å². The van der Waals surface area contributed by atoms with Crippen LogP contribution in [0.4, 0.5) is 0 Å². The van der Waals surface area contributed by atoms with Crippen LogP contribution in [0, 0.1) is 6.92 Å². The highest BCUT2D eigenvalue weighted by Gasteiger charge is 2.38. The average molecular weight is 406 g/mol. The third-order valence-electron chi connectivity index (χ3n) is 5.00. The monoisotopic (exact) mass is 405 g/mol. The highest BCUT2D eigenvalue weighted by Crippen LogP contribution is 2.30. The smallest absolute Gasteiger partial charge is 0.222 e. The highest BCUT2D eigenvalue weighted by atomic mass is 35.5. The van der Waals surface area contributed by atoms with Gasteiger partial charge in [-0.05, 0) is 43.9 Å². The van der Waals surface area contributed by atoms with Crippen molar-refractivity contribution in [2.24, 2.45) is 0 Å². The minimum Gasteiger partial charge on any atom is -0.350 e. The molecule has 1 saturated heterocycles. The Kier molecular flexibility index (Phi) is 6.17. The standard InChI is InChI=1S/C20H24ClN3O2S/c1-14-22-17(13-27-14)12-24(2)19(26)8-10-20(9-7-18(25)23-20)11-15-3-5-16(21)6-4-15/h3-6,13H,7-12H2,1-2H3,(H,23,25)/t20-/m1/s1. The summed E-state index contributed by atoms with van der Waals surface area (Å²) in [5, 5.41) is 6.80. The summed E-state index contributed by atoms with van der Waals surface area (Å²) in [4.78, 5) is 30.6. The number of hydrogen-bond donors (Lipinski definition) is 1. The van der Waals surface area contributed by atoms with Crippen molar-refractivity contribution in [3.63, 3.8) is 0 Å². The molecule has 0 unspecified atom stereocenters. The molecule has 0 bridgehead atoms. The van der Waals surface area contributed by atoms with Gasteiger partial charge in [0.15, 0.2) is 0 Å². The molecule has 1 aromatic heterocycles. The molecule has 1 aliphatic rings. The average Bonchev–Trinajstić information content (AvgIpc) is 3.21. The third kappa shape index (κ3) is 5.30. The van der Waals surface area contributed by atoms with Gasteiger partial charge in [-0.25, -0.2) is 4.98 Å². The molecule has 0 aliphatic carbocycles. The number of carbonyl (C=O) groups excluding carboxylic acids is 2. The van der Waals surface area contributed by atoms with Crippen LogP contribution in [0.2, 0.25) is 5.02 Å². The number of carbonyl (C=O) groups is 2. The Balaban J connectivity index is 1.61. The third-order valence-corrected chi connectivity index (χ3v) is 6.07. The van der Waals surface area contributed by atoms with Gasteiger partial charge in [0.2, 0.25) is 11.8 Å². The van der Waals surface area contributed by atoms with E-state index in [0.29, 0.717) is 37.3 Å². The number of thiazole rings is 1. The van der Waals surface area contributed by atoms with Crippen molar-refractivity contribution in [1.29, 1.82) is 0 Å². The molecule has 2 heterocycles. The zero-order valence-electron chi connectivity index (χ0n) is 15.6. The molecule has 2 aromatic rings. The number of nitrogens with one attached hydrogen (secondary N) is 1. The van der Waals surface area contributed by atoms with E-state index < -0.39 is 0 Å². The largest absolute Gasteiger partial charge is 0.350 e. The van der Waals surface area contributed by atoms with Crippen molar-refractivity contribution in [3.05, 3.63) is 50.9 Å². The number of hydrogen-bond acceptors (Lipinski definition) is 4. The molecule has 0 spiro atoms. The second kappa shape index (κ2) is 8.40. The van der Waals surface area contributed by atoms with Crippen molar-refractivity contribution in [1.82, 2.24) is 15.2 Å². The summed E-state index contributed by atoms with van der Waals surface area (Å²) in [6.07, 6.45) is 2.98. The molecule has 0 radical (unpaired) electrons. The summed E-state index contributed by atoms with van der Waals surface area (Å²) < 4.78 is 0. The number of halogens is 1. The molecule has 1 aromatic carbocycles. The second-order valence-corrected chi connectivity index (χ2v) is 8.74. The Bertz CT molecular complexity index is 821. The molecule has 1 atom stereocenters. The molecule has 1 aliphatic heterocycles. The van der Waals surface area contributed by atoms with Crippen molar-refractivity contribution in [2.75, 3.05) is 7.05 Å². The van der Waals surface area contributed by atoms with Crippen LogP contribution in [0.25, 0.3) is 0 Å². The van der Waals surface area contributed by atoms with E-state index in [1.807, 2.05) is 36.6 Å². The first-order valence-electron chi connectivity index (χ1n) is 9.06. The van der Waals surface area contributed by atoms with Crippen LogP contribution in [-0.2, 0) is 22.6 Å². The van der Waals surface area contributed by atoms with E-state index in [9.17, 15) is 9.59 Å². The Hall–Kier alpha value is -1.92. The SMILES string of the molecule is Cc1nc(CN(C)C(=O)CC[C@@]2(Cc3ccc(Cl)cc3)CCC(=O)N2)cs1. The summed E-state index contributed by atoms with van der Waals surface area (Å²) in [6.45, 7) is 2.47. The number of rotatable bonds is 7. The maximum Gasteiger partial charge on any atom is 0.222 e. The number of aryl methyl sites for hydroxylation is 1.